The molecule has 290 valence electrons. The number of rotatable bonds is 17. The predicted octanol–water partition coefficient (Wildman–Crippen LogP) is 3.31. The van der Waals surface area contributed by atoms with Crippen LogP contribution in [0.15, 0.2) is 30.3 Å². The average molecular weight is 762 g/mol. The van der Waals surface area contributed by atoms with E-state index in [0.717, 1.165) is 44.1 Å². The average Bonchev–Trinajstić information content (AvgIpc) is 3.43. The van der Waals surface area contributed by atoms with Gasteiger partial charge in [-0.3, -0.25) is 24.2 Å². The number of ether oxygens (including phenoxy) is 4. The zero-order chi connectivity index (χ0) is 38.3. The molecule has 0 heterocycles. The van der Waals surface area contributed by atoms with E-state index in [0.29, 0.717) is 17.8 Å². The summed E-state index contributed by atoms with van der Waals surface area (Å²) < 4.78 is 38.0. The highest BCUT2D eigenvalue weighted by Crippen LogP contribution is 2.61. The number of hydrogen-bond donors (Lipinski definition) is 6. The summed E-state index contributed by atoms with van der Waals surface area (Å²) in [4.78, 5) is 67.2. The van der Waals surface area contributed by atoms with E-state index in [1.807, 2.05) is 6.07 Å². The van der Waals surface area contributed by atoms with Crippen LogP contribution in [-0.2, 0) is 39.6 Å². The third kappa shape index (κ3) is 9.86. The van der Waals surface area contributed by atoms with Gasteiger partial charge in [0, 0.05) is 24.8 Å². The maximum absolute atomic E-state index is 12.7. The monoisotopic (exact) mass is 761 g/mol. The van der Waals surface area contributed by atoms with E-state index >= 15 is 0 Å². The molecule has 5 rings (SSSR count). The van der Waals surface area contributed by atoms with Gasteiger partial charge in [0.05, 0.1) is 32.6 Å². The SMILES string of the molecule is COc1ccc(NC(=O)CCC(=O)NCCOCCOCC(=O)OC2CCC3C4CCc5cc(OP(=O)(O)O)ccc5C4CCC23C)c(O)c1C(N)=O. The van der Waals surface area contributed by atoms with Crippen LogP contribution in [0.4, 0.5) is 5.69 Å². The fourth-order valence-corrected chi connectivity index (χ4v) is 8.73. The van der Waals surface area contributed by atoms with E-state index in [1.165, 1.54) is 24.8 Å². The first-order valence-electron chi connectivity index (χ1n) is 17.7. The van der Waals surface area contributed by atoms with E-state index in [-0.39, 0.29) is 86.0 Å². The van der Waals surface area contributed by atoms with Crippen LogP contribution in [0.25, 0.3) is 0 Å². The van der Waals surface area contributed by atoms with Gasteiger partial charge in [0.2, 0.25) is 11.8 Å². The molecule has 7 N–H and O–H groups in total. The molecular formula is C36H48N3O13P. The van der Waals surface area contributed by atoms with Crippen LogP contribution in [0.3, 0.4) is 0 Å². The minimum atomic E-state index is -4.62. The highest BCUT2D eigenvalue weighted by atomic mass is 31.2. The van der Waals surface area contributed by atoms with Gasteiger partial charge >= 0.3 is 13.8 Å². The lowest BCUT2D eigenvalue weighted by molar-refractivity contribution is -0.163. The highest BCUT2D eigenvalue weighted by molar-refractivity contribution is 7.46. The van der Waals surface area contributed by atoms with Crippen molar-refractivity contribution in [3.05, 3.63) is 47.0 Å². The molecule has 5 atom stereocenters. The second-order valence-corrected chi connectivity index (χ2v) is 15.1. The van der Waals surface area contributed by atoms with Crippen molar-refractivity contribution >= 4 is 37.2 Å². The van der Waals surface area contributed by atoms with Crippen molar-refractivity contribution in [3.8, 4) is 17.2 Å². The number of anilines is 1. The number of nitrogens with two attached hydrogens (primary N) is 1. The summed E-state index contributed by atoms with van der Waals surface area (Å²) in [6.07, 6.45) is 4.88. The molecule has 3 aliphatic carbocycles. The standard InChI is InChI=1S/C36H48N3O13P/c1-36-14-13-24-23-6-4-22(52-53(45,46)47)19-21(23)3-5-25(24)26(36)7-10-29(36)51-32(42)20-50-18-17-49-16-15-38-30(40)11-12-31(41)39-27-8-9-28(48-2)33(34(27)43)35(37)44/h4,6,8-9,19,24-26,29,43H,3,5,7,10-18,20H2,1-2H3,(H2,37,44)(H,38,40)(H,39,41)(H2,45,46,47). The molecule has 0 saturated heterocycles. The molecule has 3 aliphatic rings. The zero-order valence-corrected chi connectivity index (χ0v) is 30.7. The number of nitrogens with one attached hydrogen (secondary N) is 2. The molecule has 2 aromatic rings. The van der Waals surface area contributed by atoms with E-state index < -0.39 is 31.4 Å². The number of phosphoric acid groups is 1. The van der Waals surface area contributed by atoms with E-state index in [4.69, 9.17) is 29.2 Å². The lowest BCUT2D eigenvalue weighted by Crippen LogP contribution is -2.45. The van der Waals surface area contributed by atoms with Gasteiger partial charge in [-0.25, -0.2) is 9.36 Å². The first-order chi connectivity index (χ1) is 25.2. The molecule has 0 radical (unpaired) electrons. The van der Waals surface area contributed by atoms with Gasteiger partial charge < -0.3 is 44.9 Å². The van der Waals surface area contributed by atoms with E-state index in [9.17, 15) is 38.6 Å². The van der Waals surface area contributed by atoms with Gasteiger partial charge in [-0.15, -0.1) is 0 Å². The fraction of sp³-hybridized carbons (Fsp3) is 0.556. The van der Waals surface area contributed by atoms with Crippen molar-refractivity contribution in [2.75, 3.05) is 45.4 Å². The number of amides is 3. The van der Waals surface area contributed by atoms with Crippen LogP contribution in [0, 0.1) is 17.3 Å². The molecule has 53 heavy (non-hydrogen) atoms. The lowest BCUT2D eigenvalue weighted by atomic mass is 9.55. The Kier molecular flexibility index (Phi) is 13.0. The molecule has 17 heteroatoms. The maximum atomic E-state index is 12.7. The highest BCUT2D eigenvalue weighted by Gasteiger charge is 2.56. The van der Waals surface area contributed by atoms with Crippen LogP contribution in [0.2, 0.25) is 0 Å². The molecule has 0 aliphatic heterocycles. The van der Waals surface area contributed by atoms with Gasteiger partial charge in [-0.05, 0) is 91.7 Å². The number of fused-ring (bicyclic) bond motifs is 5. The van der Waals surface area contributed by atoms with Gasteiger partial charge in [-0.2, -0.15) is 0 Å². The Morgan fingerprint density at radius 1 is 0.981 bits per heavy atom. The Hall–Kier alpha value is -4.21. The van der Waals surface area contributed by atoms with E-state index in [1.54, 1.807) is 12.1 Å². The number of carbonyl (C=O) groups is 4. The van der Waals surface area contributed by atoms with Crippen LogP contribution >= 0.6 is 7.82 Å². The van der Waals surface area contributed by atoms with Crippen molar-refractivity contribution in [2.24, 2.45) is 23.0 Å². The molecule has 16 nitrogen and oxygen atoms in total. The number of benzene rings is 2. The first-order valence-corrected chi connectivity index (χ1v) is 19.2. The Morgan fingerprint density at radius 3 is 2.47 bits per heavy atom. The minimum absolute atomic E-state index is 0.0386. The molecule has 2 aromatic carbocycles. The van der Waals surface area contributed by atoms with Crippen molar-refractivity contribution in [1.29, 1.82) is 0 Å². The summed E-state index contributed by atoms with van der Waals surface area (Å²) in [7, 11) is -3.32. The van der Waals surface area contributed by atoms with Crippen molar-refractivity contribution in [1.82, 2.24) is 5.32 Å². The molecule has 0 spiro atoms. The lowest BCUT2D eigenvalue weighted by Gasteiger charge is -2.50. The van der Waals surface area contributed by atoms with Crippen molar-refractivity contribution < 1.29 is 62.1 Å². The minimum Gasteiger partial charge on any atom is -0.505 e. The Morgan fingerprint density at radius 2 is 1.74 bits per heavy atom. The molecule has 5 unspecified atom stereocenters. The Labute approximate surface area is 307 Å². The summed E-state index contributed by atoms with van der Waals surface area (Å²) in [6.45, 7) is 2.78. The van der Waals surface area contributed by atoms with Gasteiger partial charge in [-0.1, -0.05) is 13.0 Å². The molecular weight excluding hydrogens is 713 g/mol. The first kappa shape index (κ1) is 40.0. The smallest absolute Gasteiger partial charge is 0.505 e. The fourth-order valence-electron chi connectivity index (χ4n) is 8.34. The van der Waals surface area contributed by atoms with Crippen LogP contribution in [0.1, 0.15) is 79.3 Å². The number of methoxy groups -OCH3 is 1. The summed E-state index contributed by atoms with van der Waals surface area (Å²) in [6, 6.07) is 8.05. The third-order valence-electron chi connectivity index (χ3n) is 10.7. The summed E-state index contributed by atoms with van der Waals surface area (Å²) >= 11 is 0. The quantitative estimate of drug-likeness (QED) is 0.0588. The number of primary amides is 1. The zero-order valence-electron chi connectivity index (χ0n) is 29.8. The van der Waals surface area contributed by atoms with Crippen LogP contribution < -0.4 is 25.6 Å². The second-order valence-electron chi connectivity index (χ2n) is 13.9. The number of carbonyl (C=O) groups excluding carboxylic acids is 4. The number of aryl methyl sites for hydroxylation is 1. The summed E-state index contributed by atoms with van der Waals surface area (Å²) in [5, 5.41) is 15.4. The molecule has 0 bridgehead atoms. The third-order valence-corrected chi connectivity index (χ3v) is 11.2. The summed E-state index contributed by atoms with van der Waals surface area (Å²) in [5.41, 5.74) is 7.13. The van der Waals surface area contributed by atoms with Crippen molar-refractivity contribution in [2.45, 2.75) is 70.3 Å². The number of esters is 1. The molecule has 3 amide bonds. The second kappa shape index (κ2) is 17.3. The Balaban J connectivity index is 0.943. The molecule has 2 fully saturated rings. The van der Waals surface area contributed by atoms with Gasteiger partial charge in [0.15, 0.2) is 5.75 Å². The maximum Gasteiger partial charge on any atom is 0.524 e. The largest absolute Gasteiger partial charge is 0.524 e. The van der Waals surface area contributed by atoms with Crippen molar-refractivity contribution in [3.63, 3.8) is 0 Å². The van der Waals surface area contributed by atoms with Gasteiger partial charge in [0.25, 0.3) is 5.91 Å². The predicted molar refractivity (Wildman–Crippen MR) is 189 cm³/mol. The molecule has 0 aromatic heterocycles. The number of hydrogen-bond acceptors (Lipinski definition) is 11. The van der Waals surface area contributed by atoms with Gasteiger partial charge in [0.1, 0.15) is 29.8 Å². The van der Waals surface area contributed by atoms with Crippen LogP contribution in [0.5, 0.6) is 17.2 Å². The van der Waals surface area contributed by atoms with Crippen LogP contribution in [-0.4, -0.2) is 84.8 Å². The summed E-state index contributed by atoms with van der Waals surface area (Å²) in [5.74, 6) is -1.38. The molecule has 2 saturated carbocycles. The number of phenols is 1. The van der Waals surface area contributed by atoms with E-state index in [2.05, 4.69) is 17.6 Å². The number of phosphoric ester groups is 1. The normalized spacial score (nSPS) is 23.2. The Bertz CT molecular complexity index is 1730. The number of aromatic hydroxyl groups is 1. The topological polar surface area (TPSA) is 242 Å².